The van der Waals surface area contributed by atoms with Gasteiger partial charge in [-0.3, -0.25) is 0 Å². The van der Waals surface area contributed by atoms with Gasteiger partial charge in [0.2, 0.25) is 0 Å². The Kier molecular flexibility index (Phi) is 9.91. The maximum atomic E-state index is 15.0. The van der Waals surface area contributed by atoms with E-state index in [9.17, 15) is 26.6 Å². The molecular weight excluding hydrogens is 1020 g/mol. The van der Waals surface area contributed by atoms with Gasteiger partial charge in [0, 0.05) is 17.4 Å². The Morgan fingerprint density at radius 1 is 0.455 bits per heavy atom. The molecule has 12 heterocycles. The predicted octanol–water partition coefficient (Wildman–Crippen LogP) is 7.68. The summed E-state index contributed by atoms with van der Waals surface area (Å²) >= 11 is 7.08. The van der Waals surface area contributed by atoms with Gasteiger partial charge in [-0.1, -0.05) is 23.5 Å². The Morgan fingerprint density at radius 3 is 1.36 bits per heavy atom. The molecule has 0 aliphatic carbocycles. The van der Waals surface area contributed by atoms with Gasteiger partial charge >= 0.3 is 0 Å². The van der Waals surface area contributed by atoms with Gasteiger partial charge in [-0.25, -0.2) is 8.42 Å². The van der Waals surface area contributed by atoms with E-state index in [2.05, 4.69) is 0 Å². The summed E-state index contributed by atoms with van der Waals surface area (Å²) < 4.78 is 146. The number of fused-ring (bicyclic) bond motifs is 6. The van der Waals surface area contributed by atoms with Gasteiger partial charge in [0.05, 0.1) is 66.8 Å². The van der Waals surface area contributed by atoms with Crippen molar-refractivity contribution >= 4 is 97.9 Å². The second-order valence-electron chi connectivity index (χ2n) is 16.6. The third-order valence-corrected chi connectivity index (χ3v) is 26.9. The van der Waals surface area contributed by atoms with Gasteiger partial charge in [0.15, 0.2) is 56.2 Å². The molecule has 8 aliphatic rings. The molecule has 8 aliphatic heterocycles. The van der Waals surface area contributed by atoms with Crippen molar-refractivity contribution < 1.29 is 83.5 Å². The van der Waals surface area contributed by atoms with Crippen LogP contribution in [0.25, 0.3) is 29.3 Å². The van der Waals surface area contributed by atoms with Gasteiger partial charge in [-0.15, -0.1) is 45.3 Å². The van der Waals surface area contributed by atoms with Crippen molar-refractivity contribution in [1.29, 1.82) is 0 Å². The minimum Gasteiger partial charge on any atom is -0.491 e. The molecule has 0 amide bonds. The third-order valence-electron chi connectivity index (χ3n) is 12.1. The molecular formula is C40H42O18S8. The van der Waals surface area contributed by atoms with Crippen molar-refractivity contribution in [3.63, 3.8) is 0 Å². The first-order valence-electron chi connectivity index (χ1n) is 20.6. The smallest absolute Gasteiger partial charge is 0.189 e. The van der Waals surface area contributed by atoms with Gasteiger partial charge in [-0.05, 0) is 13.8 Å². The molecule has 0 aromatic carbocycles. The monoisotopic (exact) mass is 1070 g/mol. The molecule has 4 aromatic heterocycles. The molecule has 2 unspecified atom stereocenters. The first-order chi connectivity index (χ1) is 31.3. The van der Waals surface area contributed by atoms with Crippen LogP contribution < -0.4 is 37.9 Å². The highest BCUT2D eigenvalue weighted by Gasteiger charge is 2.69. The first kappa shape index (κ1) is 44.3. The van der Waals surface area contributed by atoms with Crippen molar-refractivity contribution in [3.05, 3.63) is 31.0 Å². The molecule has 358 valence electrons. The van der Waals surface area contributed by atoms with Crippen LogP contribution >= 0.6 is 68.9 Å². The van der Waals surface area contributed by atoms with E-state index in [-0.39, 0.29) is 88.2 Å². The average molecular weight is 1070 g/mol. The van der Waals surface area contributed by atoms with Crippen molar-refractivity contribution in [3.8, 4) is 65.5 Å². The molecule has 0 radical (unpaired) electrons. The summed E-state index contributed by atoms with van der Waals surface area (Å²) in [4.78, 5) is 5.40. The molecule has 18 nitrogen and oxygen atoms in total. The largest absolute Gasteiger partial charge is 0.491 e. The fourth-order valence-corrected chi connectivity index (χ4v) is 21.4. The molecule has 0 spiro atoms. The summed E-state index contributed by atoms with van der Waals surface area (Å²) in [5.41, 5.74) is 0. The van der Waals surface area contributed by atoms with Crippen molar-refractivity contribution in [2.45, 2.75) is 34.2 Å². The van der Waals surface area contributed by atoms with E-state index >= 15 is 0 Å². The van der Waals surface area contributed by atoms with Crippen LogP contribution in [-0.4, -0.2) is 135 Å². The molecule has 4 atom stereocenters. The predicted molar refractivity (Wildman–Crippen MR) is 253 cm³/mol. The van der Waals surface area contributed by atoms with Gasteiger partial charge < -0.3 is 75.1 Å². The molecule has 4 N–H and O–H groups in total. The van der Waals surface area contributed by atoms with Gasteiger partial charge in [-0.2, -0.15) is 0 Å². The molecule has 4 aromatic rings. The minimum absolute atomic E-state index is 0.0749. The summed E-state index contributed by atoms with van der Waals surface area (Å²) in [7, 11) is -11.1. The molecule has 0 saturated carbocycles. The normalized spacial score (nSPS) is 27.8. The molecule has 2 saturated heterocycles. The van der Waals surface area contributed by atoms with Crippen LogP contribution in [0.2, 0.25) is 0 Å². The summed E-state index contributed by atoms with van der Waals surface area (Å²) in [6.45, 7) is 5.83. The molecule has 2 fully saturated rings. The highest BCUT2D eigenvalue weighted by atomic mass is 32.3. The summed E-state index contributed by atoms with van der Waals surface area (Å²) in [5.74, 6) is 3.71. The van der Waals surface area contributed by atoms with E-state index < -0.39 is 39.6 Å². The van der Waals surface area contributed by atoms with Crippen LogP contribution in [-0.2, 0) is 42.3 Å². The van der Waals surface area contributed by atoms with E-state index in [0.717, 1.165) is 52.2 Å². The van der Waals surface area contributed by atoms with Crippen LogP contribution in [0.4, 0.5) is 0 Å². The third kappa shape index (κ3) is 6.29. The Bertz CT molecular complexity index is 2940. The van der Waals surface area contributed by atoms with E-state index in [0.29, 0.717) is 92.5 Å². The summed E-state index contributed by atoms with van der Waals surface area (Å²) in [6, 6.07) is 0. The van der Waals surface area contributed by atoms with Crippen molar-refractivity contribution in [1.82, 2.24) is 0 Å². The van der Waals surface area contributed by atoms with Crippen LogP contribution in [0.3, 0.4) is 0 Å². The fraction of sp³-hybridized carbons (Fsp3) is 0.500. The first-order valence-corrected chi connectivity index (χ1v) is 30.1. The lowest BCUT2D eigenvalue weighted by Crippen LogP contribution is -2.57. The minimum atomic E-state index is -5.78. The number of thiophene rings is 4. The number of rotatable bonds is 7. The Morgan fingerprint density at radius 2 is 0.833 bits per heavy atom. The van der Waals surface area contributed by atoms with Crippen LogP contribution in [0.5, 0.6) is 46.0 Å². The Labute approximate surface area is 401 Å². The molecule has 66 heavy (non-hydrogen) atoms. The number of hydrogen-bond acceptors (Lipinski definition) is 20. The topological polar surface area (TPSA) is 226 Å². The maximum absolute atomic E-state index is 15.0. The Balaban J connectivity index is 1.03. The zero-order chi connectivity index (χ0) is 45.8. The van der Waals surface area contributed by atoms with E-state index in [1.807, 2.05) is 6.92 Å². The van der Waals surface area contributed by atoms with E-state index in [1.165, 1.54) is 40.9 Å². The number of ether oxygens (including phenoxy) is 12. The van der Waals surface area contributed by atoms with E-state index in [1.54, 1.807) is 0 Å². The van der Waals surface area contributed by atoms with Gasteiger partial charge in [0.25, 0.3) is 0 Å². The van der Waals surface area contributed by atoms with Crippen molar-refractivity contribution in [2.75, 3.05) is 91.8 Å². The second kappa shape index (κ2) is 14.8. The lowest BCUT2D eigenvalue weighted by atomic mass is 10.1. The number of aryl methyl sites for hydroxylation is 1. The summed E-state index contributed by atoms with van der Waals surface area (Å²) in [6.07, 6.45) is -0.464. The number of thioether (sulfide) groups is 2. The van der Waals surface area contributed by atoms with Crippen molar-refractivity contribution in [2.24, 2.45) is 0 Å². The van der Waals surface area contributed by atoms with Crippen LogP contribution in [0.15, 0.2) is 11.5 Å². The average Bonchev–Trinajstić information content (AvgIpc) is 4.14. The zero-order valence-corrected chi connectivity index (χ0v) is 41.9. The molecule has 12 rings (SSSR count). The lowest BCUT2D eigenvalue weighted by molar-refractivity contribution is -0.0470. The lowest BCUT2D eigenvalue weighted by Gasteiger charge is -2.47. The quantitative estimate of drug-likeness (QED) is 0.139. The fourth-order valence-electron chi connectivity index (χ4n) is 8.99. The van der Waals surface area contributed by atoms with Crippen LogP contribution in [0.1, 0.15) is 26.4 Å². The standard InChI is InChI=1S/C40H42O18S8/c1-17-18-19(48-6-5-47-18)32(59-17)35-27-37(58-16-14-56-27)40(64-35,66(4,44,45)46)38-25-24(53-11-12-54-25)31(62-38)30-21-20(49-7-8-50-21)28(60-30)29-22-23(52-10-9-51-22)33(61-29)34-26-36(57-15-13-55-26)39(2,63-34)65(3,41,42)43/h36-37H,5-16H2,1-4H3,(H2,41,42,43)(H2,44,45,46)/t36?,37?,39-,40+/m0/s1. The maximum Gasteiger partial charge on any atom is 0.189 e. The highest BCUT2D eigenvalue weighted by molar-refractivity contribution is 8.27. The highest BCUT2D eigenvalue weighted by Crippen LogP contribution is 2.73. The number of hydrogen-bond donors (Lipinski definition) is 4. The SMILES string of the molecule is Cc1sc(C2=C3OCCOC3[C@](c3sc(-c4sc(-c5sc(C6=C7OCCOC7[C@](C)(S(C)(=O)(O)O)S6)c6c5OCCO6)c5c4OCCO5)c4c3OCCO4)(S(C)(=O)(O)O)S2)c2c1OCCO2. The summed E-state index contributed by atoms with van der Waals surface area (Å²) in [5, 5.41) is 0. The molecule has 26 heteroatoms. The second-order valence-corrected chi connectivity index (χ2v) is 30.6. The Hall–Kier alpha value is -2.96. The van der Waals surface area contributed by atoms with Gasteiger partial charge in [0.1, 0.15) is 97.4 Å². The van der Waals surface area contributed by atoms with E-state index in [4.69, 9.17) is 56.8 Å². The molecule has 0 bridgehead atoms. The van der Waals surface area contributed by atoms with Crippen LogP contribution in [0, 0.1) is 6.92 Å². The zero-order valence-electron chi connectivity index (χ0n) is 35.4.